The van der Waals surface area contributed by atoms with Crippen molar-refractivity contribution in [2.45, 2.75) is 31.8 Å². The standard InChI is InChI=1S/C12H20N2O4/c15-11(16)6-9-7-14(8-9)12(17)13-4-3-10-2-1-5-18-10/h9-10H,1-8H2,(H,13,17)(H,15,16). The molecule has 2 amide bonds. The van der Waals surface area contributed by atoms with Crippen LogP contribution in [0.2, 0.25) is 0 Å². The number of carboxylic acid groups (broad SMARTS) is 1. The number of nitrogens with one attached hydrogen (secondary N) is 1. The van der Waals surface area contributed by atoms with E-state index in [1.807, 2.05) is 0 Å². The number of amides is 2. The summed E-state index contributed by atoms with van der Waals surface area (Å²) in [6, 6.07) is -0.0883. The van der Waals surface area contributed by atoms with Crippen LogP contribution in [-0.2, 0) is 9.53 Å². The van der Waals surface area contributed by atoms with Crippen LogP contribution < -0.4 is 5.32 Å². The van der Waals surface area contributed by atoms with Gasteiger partial charge in [0.25, 0.3) is 0 Å². The van der Waals surface area contributed by atoms with Crippen LogP contribution in [0.1, 0.15) is 25.7 Å². The van der Waals surface area contributed by atoms with E-state index >= 15 is 0 Å². The Hall–Kier alpha value is -1.30. The second-order valence-corrected chi connectivity index (χ2v) is 5.02. The SMILES string of the molecule is O=C(O)CC1CN(C(=O)NCCC2CCCO2)C1. The van der Waals surface area contributed by atoms with E-state index in [9.17, 15) is 9.59 Å². The molecule has 102 valence electrons. The van der Waals surface area contributed by atoms with Gasteiger partial charge in [-0.3, -0.25) is 4.79 Å². The van der Waals surface area contributed by atoms with Gasteiger partial charge in [-0.1, -0.05) is 0 Å². The summed E-state index contributed by atoms with van der Waals surface area (Å²) >= 11 is 0. The molecule has 2 N–H and O–H groups in total. The molecule has 18 heavy (non-hydrogen) atoms. The van der Waals surface area contributed by atoms with Crippen molar-refractivity contribution in [2.24, 2.45) is 5.92 Å². The lowest BCUT2D eigenvalue weighted by atomic mass is 9.97. The summed E-state index contributed by atoms with van der Waals surface area (Å²) in [6.07, 6.45) is 3.50. The number of carbonyl (C=O) groups is 2. The van der Waals surface area contributed by atoms with E-state index < -0.39 is 5.97 Å². The van der Waals surface area contributed by atoms with Gasteiger partial charge in [0, 0.05) is 32.2 Å². The zero-order valence-corrected chi connectivity index (χ0v) is 10.4. The molecule has 2 saturated heterocycles. The smallest absolute Gasteiger partial charge is 0.317 e. The Morgan fingerprint density at radius 3 is 2.78 bits per heavy atom. The van der Waals surface area contributed by atoms with Crippen LogP contribution in [0, 0.1) is 5.92 Å². The molecular formula is C12H20N2O4. The van der Waals surface area contributed by atoms with E-state index in [-0.39, 0.29) is 18.4 Å². The van der Waals surface area contributed by atoms with Crippen LogP contribution in [0.25, 0.3) is 0 Å². The fraction of sp³-hybridized carbons (Fsp3) is 0.833. The van der Waals surface area contributed by atoms with Gasteiger partial charge >= 0.3 is 12.0 Å². The molecule has 2 heterocycles. The van der Waals surface area contributed by atoms with Gasteiger partial charge in [-0.15, -0.1) is 0 Å². The van der Waals surface area contributed by atoms with Crippen molar-refractivity contribution >= 4 is 12.0 Å². The lowest BCUT2D eigenvalue weighted by Gasteiger charge is -2.38. The molecule has 0 aliphatic carbocycles. The molecule has 0 spiro atoms. The van der Waals surface area contributed by atoms with Crippen LogP contribution >= 0.6 is 0 Å². The summed E-state index contributed by atoms with van der Waals surface area (Å²) in [5.41, 5.74) is 0. The van der Waals surface area contributed by atoms with Crippen molar-refractivity contribution in [1.29, 1.82) is 0 Å². The Balaban J connectivity index is 1.54. The second kappa shape index (κ2) is 6.04. The van der Waals surface area contributed by atoms with Crippen LogP contribution in [0.15, 0.2) is 0 Å². The molecule has 6 heteroatoms. The maximum Gasteiger partial charge on any atom is 0.317 e. The number of likely N-dealkylation sites (tertiary alicyclic amines) is 1. The highest BCUT2D eigenvalue weighted by atomic mass is 16.5. The summed E-state index contributed by atoms with van der Waals surface area (Å²) in [6.45, 7) is 2.57. The molecule has 1 atom stereocenters. The van der Waals surface area contributed by atoms with Gasteiger partial charge in [0.05, 0.1) is 12.5 Å². The largest absolute Gasteiger partial charge is 0.481 e. The molecule has 2 fully saturated rings. The summed E-state index contributed by atoms with van der Waals surface area (Å²) in [4.78, 5) is 23.8. The van der Waals surface area contributed by atoms with E-state index in [1.165, 1.54) is 0 Å². The normalized spacial score (nSPS) is 23.8. The van der Waals surface area contributed by atoms with Gasteiger partial charge in [-0.25, -0.2) is 4.79 Å². The minimum atomic E-state index is -0.793. The molecule has 0 bridgehead atoms. The van der Waals surface area contributed by atoms with E-state index in [4.69, 9.17) is 9.84 Å². The number of rotatable bonds is 5. The topological polar surface area (TPSA) is 78.9 Å². The summed E-state index contributed by atoms with van der Waals surface area (Å²) < 4.78 is 5.47. The number of carbonyl (C=O) groups excluding carboxylic acids is 1. The quantitative estimate of drug-likeness (QED) is 0.758. The van der Waals surface area contributed by atoms with E-state index in [1.54, 1.807) is 4.90 Å². The summed E-state index contributed by atoms with van der Waals surface area (Å²) in [7, 11) is 0. The van der Waals surface area contributed by atoms with E-state index in [0.29, 0.717) is 25.7 Å². The Morgan fingerprint density at radius 1 is 1.39 bits per heavy atom. The van der Waals surface area contributed by atoms with Crippen molar-refractivity contribution in [2.75, 3.05) is 26.2 Å². The molecular weight excluding hydrogens is 236 g/mol. The van der Waals surface area contributed by atoms with Gasteiger partial charge in [-0.05, 0) is 19.3 Å². The molecule has 2 rings (SSSR count). The van der Waals surface area contributed by atoms with Gasteiger partial charge < -0.3 is 20.1 Å². The predicted molar refractivity (Wildman–Crippen MR) is 64.3 cm³/mol. The number of nitrogens with zero attached hydrogens (tertiary/aromatic N) is 1. The Bertz CT molecular complexity index is 309. The maximum absolute atomic E-state index is 11.7. The Morgan fingerprint density at radius 2 is 2.17 bits per heavy atom. The van der Waals surface area contributed by atoms with Crippen molar-refractivity contribution in [1.82, 2.24) is 10.2 Å². The molecule has 0 saturated carbocycles. The molecule has 6 nitrogen and oxygen atoms in total. The Kier molecular flexibility index (Phi) is 4.41. The van der Waals surface area contributed by atoms with Crippen molar-refractivity contribution in [3.63, 3.8) is 0 Å². The minimum absolute atomic E-state index is 0.0883. The monoisotopic (exact) mass is 256 g/mol. The van der Waals surface area contributed by atoms with Crippen LogP contribution in [0.5, 0.6) is 0 Å². The summed E-state index contributed by atoms with van der Waals surface area (Å²) in [5.74, 6) is -0.676. The molecule has 0 aromatic rings. The first-order valence-electron chi connectivity index (χ1n) is 6.51. The molecule has 0 radical (unpaired) electrons. The third-order valence-electron chi connectivity index (χ3n) is 3.47. The zero-order valence-electron chi connectivity index (χ0n) is 10.4. The van der Waals surface area contributed by atoms with Crippen LogP contribution in [-0.4, -0.2) is 54.4 Å². The molecule has 2 aliphatic rings. The third-order valence-corrected chi connectivity index (χ3v) is 3.47. The second-order valence-electron chi connectivity index (χ2n) is 5.02. The lowest BCUT2D eigenvalue weighted by Crippen LogP contribution is -2.54. The highest BCUT2D eigenvalue weighted by Crippen LogP contribution is 2.19. The number of carboxylic acids is 1. The lowest BCUT2D eigenvalue weighted by molar-refractivity contribution is -0.139. The van der Waals surface area contributed by atoms with Gasteiger partial charge in [0.15, 0.2) is 0 Å². The third kappa shape index (κ3) is 3.60. The first kappa shape index (κ1) is 13.1. The molecule has 0 aromatic heterocycles. The number of hydrogen-bond donors (Lipinski definition) is 2. The molecule has 0 aromatic carbocycles. The van der Waals surface area contributed by atoms with Crippen molar-refractivity contribution in [3.8, 4) is 0 Å². The van der Waals surface area contributed by atoms with E-state index in [0.717, 1.165) is 25.9 Å². The molecule has 2 aliphatic heterocycles. The Labute approximate surface area is 106 Å². The fourth-order valence-electron chi connectivity index (χ4n) is 2.44. The minimum Gasteiger partial charge on any atom is -0.481 e. The number of hydrogen-bond acceptors (Lipinski definition) is 3. The van der Waals surface area contributed by atoms with Gasteiger partial charge in [0.2, 0.25) is 0 Å². The van der Waals surface area contributed by atoms with Crippen LogP contribution in [0.4, 0.5) is 4.79 Å². The van der Waals surface area contributed by atoms with E-state index in [2.05, 4.69) is 5.32 Å². The highest BCUT2D eigenvalue weighted by Gasteiger charge is 2.31. The average molecular weight is 256 g/mol. The zero-order chi connectivity index (χ0) is 13.0. The number of urea groups is 1. The fourth-order valence-corrected chi connectivity index (χ4v) is 2.44. The van der Waals surface area contributed by atoms with Gasteiger partial charge in [-0.2, -0.15) is 0 Å². The predicted octanol–water partition coefficient (Wildman–Crippen LogP) is 0.672. The van der Waals surface area contributed by atoms with Crippen molar-refractivity contribution in [3.05, 3.63) is 0 Å². The highest BCUT2D eigenvalue weighted by molar-refractivity contribution is 5.75. The van der Waals surface area contributed by atoms with Gasteiger partial charge in [0.1, 0.15) is 0 Å². The molecule has 1 unspecified atom stereocenters. The maximum atomic E-state index is 11.7. The average Bonchev–Trinajstić information content (AvgIpc) is 2.75. The van der Waals surface area contributed by atoms with Crippen molar-refractivity contribution < 1.29 is 19.4 Å². The summed E-state index contributed by atoms with van der Waals surface area (Å²) in [5, 5.41) is 11.4. The number of aliphatic carboxylic acids is 1. The first-order valence-corrected chi connectivity index (χ1v) is 6.51. The first-order chi connectivity index (χ1) is 8.65. The number of ether oxygens (including phenoxy) is 1. The van der Waals surface area contributed by atoms with Crippen LogP contribution in [0.3, 0.4) is 0 Å².